The predicted octanol–water partition coefficient (Wildman–Crippen LogP) is 8.26. The van der Waals surface area contributed by atoms with Crippen LogP contribution >= 0.6 is 0 Å². The second kappa shape index (κ2) is 8.82. The number of para-hydroxylation sites is 4. The van der Waals surface area contributed by atoms with Gasteiger partial charge in [0.1, 0.15) is 0 Å². The normalized spacial score (nSPS) is 11.6. The zero-order chi connectivity index (χ0) is 26.6. The van der Waals surface area contributed by atoms with Crippen LogP contribution in [0.1, 0.15) is 5.56 Å². The average molecular weight is 516 g/mol. The molecule has 8 aromatic rings. The Balaban J connectivity index is 1.58. The van der Waals surface area contributed by atoms with Gasteiger partial charge in [0, 0.05) is 16.8 Å². The van der Waals surface area contributed by atoms with Crippen molar-refractivity contribution in [3.05, 3.63) is 139 Å². The lowest BCUT2D eigenvalue weighted by Gasteiger charge is -2.14. The summed E-state index contributed by atoms with van der Waals surface area (Å²) in [6, 6.07) is 46.3. The number of aromatic nitrogens is 5. The third kappa shape index (κ3) is 3.28. The van der Waals surface area contributed by atoms with Gasteiger partial charge in [0.15, 0.2) is 0 Å². The van der Waals surface area contributed by atoms with Gasteiger partial charge in [0.25, 0.3) is 0 Å². The van der Waals surface area contributed by atoms with Crippen LogP contribution in [-0.2, 0) is 0 Å². The average Bonchev–Trinajstić information content (AvgIpc) is 3.68. The molecule has 8 rings (SSSR count). The lowest BCUT2D eigenvalue weighted by atomic mass is 10.0. The minimum atomic E-state index is 0.795. The molecule has 5 aromatic carbocycles. The highest BCUT2D eigenvalue weighted by atomic mass is 15.3. The fourth-order valence-electron chi connectivity index (χ4n) is 5.80. The number of hydrogen-bond acceptors (Lipinski definition) is 2. The van der Waals surface area contributed by atoms with Crippen LogP contribution in [0.3, 0.4) is 0 Å². The van der Waals surface area contributed by atoms with Crippen molar-refractivity contribution in [3.63, 3.8) is 0 Å². The minimum absolute atomic E-state index is 0.795. The Morgan fingerprint density at radius 1 is 0.500 bits per heavy atom. The van der Waals surface area contributed by atoms with Gasteiger partial charge >= 0.3 is 0 Å². The van der Waals surface area contributed by atoms with E-state index in [1.807, 2.05) is 12.1 Å². The molecule has 5 nitrogen and oxygen atoms in total. The molecule has 0 fully saturated rings. The fourth-order valence-corrected chi connectivity index (χ4v) is 5.80. The molecule has 3 aromatic heterocycles. The van der Waals surface area contributed by atoms with Crippen molar-refractivity contribution in [1.82, 2.24) is 23.5 Å². The summed E-state index contributed by atoms with van der Waals surface area (Å²) in [6.45, 7) is 2.12. The highest BCUT2D eigenvalue weighted by molar-refractivity contribution is 5.93. The number of benzene rings is 5. The van der Waals surface area contributed by atoms with E-state index in [9.17, 15) is 0 Å². The summed E-state index contributed by atoms with van der Waals surface area (Å²) in [5.41, 5.74) is 10.5. The second-order valence-corrected chi connectivity index (χ2v) is 10.0. The van der Waals surface area contributed by atoms with E-state index < -0.39 is 0 Å². The molecule has 0 unspecified atom stereocenters. The molecule has 0 radical (unpaired) electrons. The maximum atomic E-state index is 5.44. The summed E-state index contributed by atoms with van der Waals surface area (Å²) >= 11 is 0. The molecule has 0 aliphatic heterocycles. The molecular formula is C35H25N5. The van der Waals surface area contributed by atoms with Gasteiger partial charge in [-0.3, -0.25) is 8.97 Å². The van der Waals surface area contributed by atoms with Gasteiger partial charge < -0.3 is 0 Å². The van der Waals surface area contributed by atoms with E-state index in [1.54, 1.807) is 0 Å². The van der Waals surface area contributed by atoms with Crippen LogP contribution in [0.2, 0.25) is 0 Å². The SMILES string of the molecule is Cc1cccc2c1nc1n(-c3nc(-c4ccccc4)c(-c4ccccc4)n3-c3ccccc3)c3ccccc3n21. The largest absolute Gasteiger partial charge is 0.277 e. The molecule has 0 spiro atoms. The highest BCUT2D eigenvalue weighted by Gasteiger charge is 2.26. The van der Waals surface area contributed by atoms with Gasteiger partial charge in [-0.15, -0.1) is 0 Å². The van der Waals surface area contributed by atoms with Crippen LogP contribution in [-0.4, -0.2) is 23.5 Å². The smallest absolute Gasteiger partial charge is 0.223 e. The Hall–Kier alpha value is -5.42. The molecule has 0 saturated heterocycles. The molecule has 0 amide bonds. The molecule has 40 heavy (non-hydrogen) atoms. The Morgan fingerprint density at radius 3 is 1.82 bits per heavy atom. The lowest BCUT2D eigenvalue weighted by molar-refractivity contribution is 0.925. The summed E-state index contributed by atoms with van der Waals surface area (Å²) in [6.07, 6.45) is 0. The van der Waals surface area contributed by atoms with Crippen LogP contribution in [0.5, 0.6) is 0 Å². The van der Waals surface area contributed by atoms with Crippen molar-refractivity contribution in [3.8, 4) is 34.2 Å². The molecule has 5 heteroatoms. The molecule has 0 atom stereocenters. The van der Waals surface area contributed by atoms with Crippen LogP contribution in [0.25, 0.3) is 62.0 Å². The van der Waals surface area contributed by atoms with Crippen molar-refractivity contribution >= 4 is 27.8 Å². The summed E-state index contributed by atoms with van der Waals surface area (Å²) in [5.74, 6) is 1.63. The topological polar surface area (TPSA) is 40.0 Å². The second-order valence-electron chi connectivity index (χ2n) is 10.0. The first-order valence-electron chi connectivity index (χ1n) is 13.5. The zero-order valence-electron chi connectivity index (χ0n) is 21.9. The van der Waals surface area contributed by atoms with Crippen LogP contribution in [0, 0.1) is 6.92 Å². The first-order valence-corrected chi connectivity index (χ1v) is 13.5. The highest BCUT2D eigenvalue weighted by Crippen LogP contribution is 2.38. The van der Waals surface area contributed by atoms with E-state index in [4.69, 9.17) is 9.97 Å². The van der Waals surface area contributed by atoms with Gasteiger partial charge in [0.2, 0.25) is 11.7 Å². The van der Waals surface area contributed by atoms with E-state index in [1.165, 1.54) is 0 Å². The van der Waals surface area contributed by atoms with Gasteiger partial charge in [-0.2, -0.15) is 0 Å². The standard InChI is InChI=1S/C35H25N5/c1-24-14-13-23-30-31(24)36-35-39(30)28-21-11-12-22-29(28)40(35)34-37-32(25-15-5-2-6-16-25)33(26-17-7-3-8-18-26)38(34)27-19-9-4-10-20-27/h2-23H,1H3. The van der Waals surface area contributed by atoms with E-state index in [2.05, 4.69) is 142 Å². The summed E-state index contributed by atoms with van der Waals surface area (Å²) in [7, 11) is 0. The number of fused-ring (bicyclic) bond motifs is 5. The minimum Gasteiger partial charge on any atom is -0.277 e. The molecular weight excluding hydrogens is 490 g/mol. The Morgan fingerprint density at radius 2 is 1.10 bits per heavy atom. The third-order valence-corrected chi connectivity index (χ3v) is 7.60. The molecule has 0 aliphatic carbocycles. The fraction of sp³-hybridized carbons (Fsp3) is 0.0286. The van der Waals surface area contributed by atoms with Gasteiger partial charge in [-0.25, -0.2) is 14.5 Å². The quantitative estimate of drug-likeness (QED) is 0.237. The predicted molar refractivity (Wildman–Crippen MR) is 162 cm³/mol. The van der Waals surface area contributed by atoms with Crippen molar-refractivity contribution in [2.45, 2.75) is 6.92 Å². The van der Waals surface area contributed by atoms with Crippen LogP contribution in [0.15, 0.2) is 133 Å². The Labute approximate surface area is 231 Å². The van der Waals surface area contributed by atoms with Crippen LogP contribution in [0.4, 0.5) is 0 Å². The maximum Gasteiger partial charge on any atom is 0.223 e. The third-order valence-electron chi connectivity index (χ3n) is 7.60. The number of nitrogens with zero attached hydrogens (tertiary/aromatic N) is 5. The van der Waals surface area contributed by atoms with Gasteiger partial charge in [0.05, 0.1) is 33.5 Å². The Kier molecular flexibility index (Phi) is 4.97. The van der Waals surface area contributed by atoms with Gasteiger partial charge in [-0.1, -0.05) is 103 Å². The molecule has 190 valence electrons. The zero-order valence-corrected chi connectivity index (χ0v) is 21.9. The van der Waals surface area contributed by atoms with Gasteiger partial charge in [-0.05, 0) is 42.8 Å². The Bertz CT molecular complexity index is 2150. The van der Waals surface area contributed by atoms with E-state index >= 15 is 0 Å². The van der Waals surface area contributed by atoms with Crippen molar-refractivity contribution in [2.24, 2.45) is 0 Å². The summed E-state index contributed by atoms with van der Waals surface area (Å²) < 4.78 is 6.74. The van der Waals surface area contributed by atoms with Crippen molar-refractivity contribution in [1.29, 1.82) is 0 Å². The number of aryl methyl sites for hydroxylation is 1. The summed E-state index contributed by atoms with van der Waals surface area (Å²) in [5, 5.41) is 0. The molecule has 0 N–H and O–H groups in total. The maximum absolute atomic E-state index is 5.44. The van der Waals surface area contributed by atoms with Crippen molar-refractivity contribution in [2.75, 3.05) is 0 Å². The number of imidazole rings is 3. The first kappa shape index (κ1) is 22.6. The number of hydrogen-bond donors (Lipinski definition) is 0. The summed E-state index contributed by atoms with van der Waals surface area (Å²) in [4.78, 5) is 10.7. The molecule has 3 heterocycles. The first-order chi connectivity index (χ1) is 19.8. The molecule has 0 bridgehead atoms. The monoisotopic (exact) mass is 515 g/mol. The number of rotatable bonds is 4. The van der Waals surface area contributed by atoms with Crippen molar-refractivity contribution < 1.29 is 0 Å². The van der Waals surface area contributed by atoms with E-state index in [-0.39, 0.29) is 0 Å². The molecule has 0 saturated carbocycles. The lowest BCUT2D eigenvalue weighted by Crippen LogP contribution is -2.07. The van der Waals surface area contributed by atoms with E-state index in [0.29, 0.717) is 0 Å². The van der Waals surface area contributed by atoms with E-state index in [0.717, 1.165) is 67.6 Å². The van der Waals surface area contributed by atoms with Crippen LogP contribution < -0.4 is 0 Å². The molecule has 0 aliphatic rings.